The summed E-state index contributed by atoms with van der Waals surface area (Å²) in [7, 11) is 1.67. The number of carbonyl (C=O) groups is 1. The molecule has 1 aromatic carbocycles. The molecular weight excluding hydrogens is 218 g/mol. The Morgan fingerprint density at radius 2 is 2.24 bits per heavy atom. The van der Waals surface area contributed by atoms with E-state index in [1.54, 1.807) is 25.3 Å². The van der Waals surface area contributed by atoms with Gasteiger partial charge in [0, 0.05) is 18.8 Å². The highest BCUT2D eigenvalue weighted by Crippen LogP contribution is 2.18. The number of carboxylic acid groups (broad SMARTS) is 1. The van der Waals surface area contributed by atoms with Crippen LogP contribution in [0.4, 0.5) is 5.69 Å². The minimum atomic E-state index is -0.899. The summed E-state index contributed by atoms with van der Waals surface area (Å²) in [5.41, 5.74) is 2.20. The first-order chi connectivity index (χ1) is 8.08. The molecule has 4 heteroatoms. The van der Waals surface area contributed by atoms with Gasteiger partial charge in [0.1, 0.15) is 0 Å². The van der Waals surface area contributed by atoms with Crippen LogP contribution in [0, 0.1) is 6.92 Å². The summed E-state index contributed by atoms with van der Waals surface area (Å²) >= 11 is 0. The van der Waals surface area contributed by atoms with Crippen molar-refractivity contribution in [1.29, 1.82) is 0 Å². The molecule has 2 N–H and O–H groups in total. The molecule has 1 rings (SSSR count). The summed E-state index contributed by atoms with van der Waals surface area (Å²) in [6, 6.07) is 5.33. The Labute approximate surface area is 102 Å². The molecule has 0 fully saturated rings. The zero-order valence-corrected chi connectivity index (χ0v) is 10.5. The largest absolute Gasteiger partial charge is 0.478 e. The van der Waals surface area contributed by atoms with Gasteiger partial charge in [-0.1, -0.05) is 6.92 Å². The third-order valence-electron chi connectivity index (χ3n) is 2.69. The van der Waals surface area contributed by atoms with E-state index in [0.717, 1.165) is 17.7 Å². The first kappa shape index (κ1) is 13.5. The second-order valence-corrected chi connectivity index (χ2v) is 4.04. The molecule has 0 aliphatic heterocycles. The predicted molar refractivity (Wildman–Crippen MR) is 67.7 cm³/mol. The third-order valence-corrected chi connectivity index (χ3v) is 2.69. The maximum Gasteiger partial charge on any atom is 0.335 e. The Balaban J connectivity index is 2.81. The van der Waals surface area contributed by atoms with Gasteiger partial charge < -0.3 is 15.2 Å². The summed E-state index contributed by atoms with van der Waals surface area (Å²) in [5, 5.41) is 12.2. The molecule has 0 amide bonds. The number of anilines is 1. The Morgan fingerprint density at radius 1 is 1.53 bits per heavy atom. The van der Waals surface area contributed by atoms with E-state index < -0.39 is 5.97 Å². The molecule has 1 unspecified atom stereocenters. The van der Waals surface area contributed by atoms with Crippen LogP contribution in [0.1, 0.15) is 29.3 Å². The molecule has 1 aromatic rings. The molecule has 0 aliphatic carbocycles. The number of nitrogens with one attached hydrogen (secondary N) is 1. The second-order valence-electron chi connectivity index (χ2n) is 4.04. The molecule has 0 bridgehead atoms. The van der Waals surface area contributed by atoms with Gasteiger partial charge in [-0.05, 0) is 37.1 Å². The van der Waals surface area contributed by atoms with Gasteiger partial charge in [0.2, 0.25) is 0 Å². The Kier molecular flexibility index (Phi) is 4.97. The average Bonchev–Trinajstić information content (AvgIpc) is 2.30. The van der Waals surface area contributed by atoms with Gasteiger partial charge in [0.05, 0.1) is 12.2 Å². The normalized spacial score (nSPS) is 12.2. The smallest absolute Gasteiger partial charge is 0.335 e. The Bertz CT molecular complexity index is 390. The first-order valence-corrected chi connectivity index (χ1v) is 5.67. The van der Waals surface area contributed by atoms with Gasteiger partial charge in [-0.25, -0.2) is 4.79 Å². The molecule has 0 spiro atoms. The summed E-state index contributed by atoms with van der Waals surface area (Å²) in [6.45, 7) is 4.61. The molecule has 94 valence electrons. The van der Waals surface area contributed by atoms with Crippen LogP contribution < -0.4 is 5.32 Å². The fourth-order valence-corrected chi connectivity index (χ4v) is 1.64. The second kappa shape index (κ2) is 6.25. The zero-order valence-electron chi connectivity index (χ0n) is 10.5. The molecule has 1 atom stereocenters. The number of aromatic carboxylic acids is 1. The van der Waals surface area contributed by atoms with E-state index in [4.69, 9.17) is 9.84 Å². The molecule has 0 aromatic heterocycles. The highest BCUT2D eigenvalue weighted by atomic mass is 16.5. The molecule has 0 heterocycles. The number of hydrogen-bond acceptors (Lipinski definition) is 3. The van der Waals surface area contributed by atoms with E-state index in [-0.39, 0.29) is 6.04 Å². The number of rotatable bonds is 6. The SMILES string of the molecule is CCC(COC)Nc1ccc(C(=O)O)cc1C. The van der Waals surface area contributed by atoms with Crippen LogP contribution in [0.2, 0.25) is 0 Å². The molecule has 0 saturated carbocycles. The summed E-state index contributed by atoms with van der Waals surface area (Å²) in [6.07, 6.45) is 0.952. The van der Waals surface area contributed by atoms with Crippen molar-refractivity contribution < 1.29 is 14.6 Å². The van der Waals surface area contributed by atoms with Crippen LogP contribution in [0.25, 0.3) is 0 Å². The summed E-state index contributed by atoms with van der Waals surface area (Å²) < 4.78 is 5.11. The lowest BCUT2D eigenvalue weighted by molar-refractivity contribution is 0.0697. The first-order valence-electron chi connectivity index (χ1n) is 5.67. The number of aryl methyl sites for hydroxylation is 1. The molecule has 0 saturated heterocycles. The van der Waals surface area contributed by atoms with E-state index in [2.05, 4.69) is 12.2 Å². The number of benzene rings is 1. The number of hydrogen-bond donors (Lipinski definition) is 2. The van der Waals surface area contributed by atoms with E-state index in [9.17, 15) is 4.79 Å². The number of ether oxygens (including phenoxy) is 1. The van der Waals surface area contributed by atoms with Gasteiger partial charge in [-0.3, -0.25) is 0 Å². The fraction of sp³-hybridized carbons (Fsp3) is 0.462. The van der Waals surface area contributed by atoms with Gasteiger partial charge in [0.25, 0.3) is 0 Å². The van der Waals surface area contributed by atoms with Crippen LogP contribution in [0.5, 0.6) is 0 Å². The van der Waals surface area contributed by atoms with Crippen LogP contribution in [0.3, 0.4) is 0 Å². The lowest BCUT2D eigenvalue weighted by Gasteiger charge is -2.19. The van der Waals surface area contributed by atoms with Crippen molar-refractivity contribution in [3.8, 4) is 0 Å². The van der Waals surface area contributed by atoms with Crippen LogP contribution in [0.15, 0.2) is 18.2 Å². The van der Waals surface area contributed by atoms with Crippen molar-refractivity contribution in [2.75, 3.05) is 19.0 Å². The maximum atomic E-state index is 10.8. The Morgan fingerprint density at radius 3 is 2.71 bits per heavy atom. The summed E-state index contributed by atoms with van der Waals surface area (Å²) in [5.74, 6) is -0.899. The van der Waals surface area contributed by atoms with E-state index >= 15 is 0 Å². The lowest BCUT2D eigenvalue weighted by atomic mass is 10.1. The lowest BCUT2D eigenvalue weighted by Crippen LogP contribution is -2.24. The average molecular weight is 237 g/mol. The van der Waals surface area contributed by atoms with Crippen molar-refractivity contribution in [3.05, 3.63) is 29.3 Å². The monoisotopic (exact) mass is 237 g/mol. The zero-order chi connectivity index (χ0) is 12.8. The number of carboxylic acids is 1. The third kappa shape index (κ3) is 3.75. The van der Waals surface area contributed by atoms with Crippen molar-refractivity contribution >= 4 is 11.7 Å². The van der Waals surface area contributed by atoms with E-state index in [1.807, 2.05) is 6.92 Å². The molecule has 4 nitrogen and oxygen atoms in total. The highest BCUT2D eigenvalue weighted by Gasteiger charge is 2.09. The highest BCUT2D eigenvalue weighted by molar-refractivity contribution is 5.88. The van der Waals surface area contributed by atoms with E-state index in [0.29, 0.717) is 12.2 Å². The van der Waals surface area contributed by atoms with Crippen molar-refractivity contribution in [2.24, 2.45) is 0 Å². The minimum Gasteiger partial charge on any atom is -0.478 e. The van der Waals surface area contributed by atoms with Gasteiger partial charge in [0.15, 0.2) is 0 Å². The number of methoxy groups -OCH3 is 1. The molecular formula is C13H19NO3. The molecule has 0 radical (unpaired) electrons. The fourth-order valence-electron chi connectivity index (χ4n) is 1.64. The minimum absolute atomic E-state index is 0.245. The Hall–Kier alpha value is -1.55. The summed E-state index contributed by atoms with van der Waals surface area (Å²) in [4.78, 5) is 10.8. The van der Waals surface area contributed by atoms with Crippen molar-refractivity contribution in [1.82, 2.24) is 0 Å². The maximum absolute atomic E-state index is 10.8. The quantitative estimate of drug-likeness (QED) is 0.798. The molecule has 17 heavy (non-hydrogen) atoms. The molecule has 0 aliphatic rings. The van der Waals surface area contributed by atoms with Crippen LogP contribution in [-0.4, -0.2) is 30.8 Å². The van der Waals surface area contributed by atoms with Gasteiger partial charge >= 0.3 is 5.97 Å². The van der Waals surface area contributed by atoms with Crippen LogP contribution in [-0.2, 0) is 4.74 Å². The topological polar surface area (TPSA) is 58.6 Å². The van der Waals surface area contributed by atoms with E-state index in [1.165, 1.54) is 0 Å². The van der Waals surface area contributed by atoms with Gasteiger partial charge in [-0.2, -0.15) is 0 Å². The van der Waals surface area contributed by atoms with Crippen LogP contribution >= 0.6 is 0 Å². The van der Waals surface area contributed by atoms with Crippen molar-refractivity contribution in [2.45, 2.75) is 26.3 Å². The van der Waals surface area contributed by atoms with Crippen molar-refractivity contribution in [3.63, 3.8) is 0 Å². The predicted octanol–water partition coefficient (Wildman–Crippen LogP) is 2.53. The standard InChI is InChI=1S/C13H19NO3/c1-4-11(8-17-3)14-12-6-5-10(13(15)16)7-9(12)2/h5-7,11,14H,4,8H2,1-3H3,(H,15,16). The van der Waals surface area contributed by atoms with Gasteiger partial charge in [-0.15, -0.1) is 0 Å².